The van der Waals surface area contributed by atoms with Gasteiger partial charge in [0, 0.05) is 18.9 Å². The molecule has 2 heterocycles. The van der Waals surface area contributed by atoms with Gasteiger partial charge in [-0.05, 0) is 32.1 Å². The van der Waals surface area contributed by atoms with Gasteiger partial charge in [-0.25, -0.2) is 9.36 Å². The highest BCUT2D eigenvalue weighted by atomic mass is 32.7. The summed E-state index contributed by atoms with van der Waals surface area (Å²) in [5.41, 5.74) is 5.89. The number of nitrogen functional groups attached to an aromatic ring is 1. The van der Waals surface area contributed by atoms with Crippen molar-refractivity contribution in [3.63, 3.8) is 0 Å². The normalized spacial score (nSPS) is 24.8. The lowest BCUT2D eigenvalue weighted by Gasteiger charge is -2.29. The quantitative estimate of drug-likeness (QED) is 0.168. The number of nitrogens with two attached hydrogens (primary N) is 1. The fourth-order valence-corrected chi connectivity index (χ4v) is 6.22. The van der Waals surface area contributed by atoms with E-state index in [0.29, 0.717) is 18.6 Å². The van der Waals surface area contributed by atoms with E-state index in [9.17, 15) is 9.36 Å². The average Bonchev–Trinajstić information content (AvgIpc) is 3.10. The Hall–Kier alpha value is -0.940. The van der Waals surface area contributed by atoms with Crippen molar-refractivity contribution in [1.82, 2.24) is 9.55 Å². The van der Waals surface area contributed by atoms with Gasteiger partial charge in [-0.2, -0.15) is 4.98 Å². The van der Waals surface area contributed by atoms with E-state index in [1.807, 2.05) is 0 Å². The molecule has 1 aromatic rings. The Kier molecular flexibility index (Phi) is 12.9. The molecule has 36 heavy (non-hydrogen) atoms. The maximum absolute atomic E-state index is 13.5. The Bertz CT molecular complexity index is 916. The zero-order chi connectivity index (χ0) is 26.9. The van der Waals surface area contributed by atoms with Crippen molar-refractivity contribution >= 4 is 24.9 Å². The van der Waals surface area contributed by atoms with Crippen LogP contribution in [0.25, 0.3) is 0 Å². The minimum atomic E-state index is -3.79. The van der Waals surface area contributed by atoms with Gasteiger partial charge in [-0.15, -0.1) is 0 Å². The molecule has 6 unspecified atom stereocenters. The number of rotatable bonds is 16. The van der Waals surface area contributed by atoms with E-state index >= 15 is 0 Å². The van der Waals surface area contributed by atoms with E-state index in [-0.39, 0.29) is 24.4 Å². The summed E-state index contributed by atoms with van der Waals surface area (Å²) in [6, 6.07) is 0. The molecule has 208 valence electrons. The summed E-state index contributed by atoms with van der Waals surface area (Å²) in [6.45, 7) is 6.77. The Labute approximate surface area is 220 Å². The molecule has 0 radical (unpaired) electrons. The Morgan fingerprint density at radius 1 is 1.22 bits per heavy atom. The van der Waals surface area contributed by atoms with Crippen LogP contribution in [0.5, 0.6) is 0 Å². The number of thiol groups is 1. The molecular weight excluding hydrogens is 505 g/mol. The smallest absolute Gasteiger partial charge is 0.383 e. The van der Waals surface area contributed by atoms with Crippen LogP contribution in [0.4, 0.5) is 5.82 Å². The monoisotopic (exact) mass is 549 g/mol. The first-order chi connectivity index (χ1) is 17.0. The van der Waals surface area contributed by atoms with E-state index in [1.165, 1.54) is 4.57 Å². The maximum atomic E-state index is 13.5. The molecule has 2 rings (SSSR count). The number of anilines is 1. The van der Waals surface area contributed by atoms with E-state index < -0.39 is 37.0 Å². The van der Waals surface area contributed by atoms with Crippen LogP contribution < -0.4 is 11.4 Å². The zero-order valence-corrected chi connectivity index (χ0v) is 24.2. The minimum absolute atomic E-state index is 0.153. The molecule has 12 heteroatoms. The van der Waals surface area contributed by atoms with Gasteiger partial charge in [0.25, 0.3) is 0 Å². The number of aryl methyl sites for hydroxylation is 1. The number of hydrogen-bond donors (Lipinski definition) is 2. The summed E-state index contributed by atoms with van der Waals surface area (Å²) in [4.78, 5) is 16.7. The second-order valence-electron chi connectivity index (χ2n) is 9.72. The third-order valence-corrected chi connectivity index (χ3v) is 7.70. The lowest BCUT2D eigenvalue weighted by Crippen LogP contribution is -2.39. The van der Waals surface area contributed by atoms with Gasteiger partial charge in [0.05, 0.1) is 25.4 Å². The van der Waals surface area contributed by atoms with E-state index in [1.54, 1.807) is 20.2 Å². The van der Waals surface area contributed by atoms with Crippen molar-refractivity contribution in [3.05, 3.63) is 22.2 Å². The van der Waals surface area contributed by atoms with Crippen LogP contribution in [0.15, 0.2) is 11.0 Å². The molecule has 0 spiro atoms. The Morgan fingerprint density at radius 3 is 2.56 bits per heavy atom. The first kappa shape index (κ1) is 31.3. The predicted molar refractivity (Wildman–Crippen MR) is 143 cm³/mol. The van der Waals surface area contributed by atoms with Crippen LogP contribution in [0.1, 0.15) is 78.0 Å². The fourth-order valence-electron chi connectivity index (χ4n) is 4.29. The first-order valence-electron chi connectivity index (χ1n) is 12.8. The van der Waals surface area contributed by atoms with Gasteiger partial charge in [0.1, 0.15) is 18.0 Å². The topological polar surface area (TPSA) is 124 Å². The van der Waals surface area contributed by atoms with Crippen LogP contribution in [-0.4, -0.2) is 54.3 Å². The van der Waals surface area contributed by atoms with Crippen molar-refractivity contribution < 1.29 is 27.8 Å². The van der Waals surface area contributed by atoms with Crippen molar-refractivity contribution in [2.45, 2.75) is 104 Å². The number of nitrogens with zero attached hydrogens (tertiary/aromatic N) is 2. The molecule has 0 amide bonds. The molecule has 1 saturated heterocycles. The average molecular weight is 550 g/mol. The molecule has 2 N–H and O–H groups in total. The molecule has 1 aliphatic rings. The van der Waals surface area contributed by atoms with Gasteiger partial charge < -0.3 is 19.9 Å². The second kappa shape index (κ2) is 14.9. The van der Waals surface area contributed by atoms with Crippen LogP contribution in [0.2, 0.25) is 0 Å². The van der Waals surface area contributed by atoms with Crippen LogP contribution in [0, 0.1) is 12.8 Å². The molecule has 10 nitrogen and oxygen atoms in total. The second-order valence-corrected chi connectivity index (χ2v) is 12.5. The predicted octanol–water partition coefficient (Wildman–Crippen LogP) is 4.91. The summed E-state index contributed by atoms with van der Waals surface area (Å²) in [5.74, 6) is 0.389. The standard InChI is InChI=1S/C24H44N3O7PS/c1-7-9-11-18(10-8-2)33-35(29,36)34-20-19(14-16(3)4)32-23(21(20)31-13-12-30-6)27-15-17(5)22(25)26-24(27)28/h15-16,18-21,23H,7-14H2,1-6H3,(H,29,36)(H2,25,26,28). The summed E-state index contributed by atoms with van der Waals surface area (Å²) < 4.78 is 44.5. The van der Waals surface area contributed by atoms with E-state index in [4.69, 9.17) is 29.0 Å². The highest BCUT2D eigenvalue weighted by Gasteiger charge is 2.50. The number of hydrogen-bond acceptors (Lipinski definition) is 9. The van der Waals surface area contributed by atoms with Crippen molar-refractivity contribution in [2.24, 2.45) is 5.92 Å². The van der Waals surface area contributed by atoms with E-state index in [0.717, 1.165) is 32.1 Å². The van der Waals surface area contributed by atoms with Crippen molar-refractivity contribution in [1.29, 1.82) is 0 Å². The number of aromatic nitrogens is 2. The molecule has 0 aromatic carbocycles. The number of unbranched alkanes of at least 4 members (excludes halogenated alkanes) is 1. The Balaban J connectivity index is 2.40. The molecule has 6 atom stereocenters. The van der Waals surface area contributed by atoms with Crippen LogP contribution in [-0.2, 0) is 27.8 Å². The molecule has 0 saturated carbocycles. The minimum Gasteiger partial charge on any atom is -0.383 e. The van der Waals surface area contributed by atoms with Gasteiger partial charge in [0.15, 0.2) is 6.23 Å². The zero-order valence-electron chi connectivity index (χ0n) is 22.4. The van der Waals surface area contributed by atoms with Gasteiger partial charge in [-0.3, -0.25) is 13.6 Å². The maximum Gasteiger partial charge on any atom is 0.386 e. The van der Waals surface area contributed by atoms with E-state index in [2.05, 4.69) is 44.9 Å². The summed E-state index contributed by atoms with van der Waals surface area (Å²) in [6.07, 6.45) is 3.38. The molecule has 1 aliphatic heterocycles. The largest absolute Gasteiger partial charge is 0.386 e. The molecular formula is C24H44N3O7PS. The van der Waals surface area contributed by atoms with Crippen molar-refractivity contribution in [3.8, 4) is 0 Å². The molecule has 1 fully saturated rings. The Morgan fingerprint density at radius 2 is 1.94 bits per heavy atom. The fraction of sp³-hybridized carbons (Fsp3) is 0.833. The first-order valence-corrected chi connectivity index (χ1v) is 15.5. The summed E-state index contributed by atoms with van der Waals surface area (Å²) in [7, 11) is 1.57. The van der Waals surface area contributed by atoms with Gasteiger partial charge in [0.2, 0.25) is 0 Å². The highest BCUT2D eigenvalue weighted by Crippen LogP contribution is 2.58. The summed E-state index contributed by atoms with van der Waals surface area (Å²) in [5, 5.41) is 0. The lowest BCUT2D eigenvalue weighted by molar-refractivity contribution is -0.0792. The molecule has 0 aliphatic carbocycles. The third kappa shape index (κ3) is 9.11. The third-order valence-electron chi connectivity index (χ3n) is 6.06. The summed E-state index contributed by atoms with van der Waals surface area (Å²) >= 11 is 4.34. The van der Waals surface area contributed by atoms with Gasteiger partial charge >= 0.3 is 12.5 Å². The van der Waals surface area contributed by atoms with Crippen LogP contribution in [0.3, 0.4) is 0 Å². The van der Waals surface area contributed by atoms with Crippen LogP contribution >= 0.6 is 19.0 Å². The van der Waals surface area contributed by atoms with Crippen molar-refractivity contribution in [2.75, 3.05) is 26.1 Å². The highest BCUT2D eigenvalue weighted by molar-refractivity contribution is 8.44. The molecule has 0 bridgehead atoms. The SMILES string of the molecule is CCCCC(CCC)OP(=O)(S)OC1C(CC(C)C)OC(n2cc(C)c(N)nc2=O)C1OCCOC. The molecule has 1 aromatic heterocycles. The van der Waals surface area contributed by atoms with Gasteiger partial charge in [-0.1, -0.05) is 59.2 Å². The lowest BCUT2D eigenvalue weighted by atomic mass is 10.0. The number of methoxy groups -OCH3 is 1. The number of ether oxygens (including phenoxy) is 3.